The first kappa shape index (κ1) is 19.3. The zero-order valence-electron chi connectivity index (χ0n) is 16.6. The van der Waals surface area contributed by atoms with E-state index < -0.39 is 5.60 Å². The van der Waals surface area contributed by atoms with Gasteiger partial charge in [-0.25, -0.2) is 0 Å². The predicted octanol–water partition coefficient (Wildman–Crippen LogP) is 5.13. The number of ether oxygens (including phenoxy) is 1. The van der Waals surface area contributed by atoms with Crippen LogP contribution in [-0.2, 0) is 5.60 Å². The minimum absolute atomic E-state index is 0.0526. The number of benzene rings is 1. The Labute approximate surface area is 180 Å². The highest BCUT2D eigenvalue weighted by molar-refractivity contribution is 7.11. The Bertz CT molecular complexity index is 862. The molecule has 3 aliphatic rings. The predicted molar refractivity (Wildman–Crippen MR) is 120 cm³/mol. The van der Waals surface area contributed by atoms with Crippen molar-refractivity contribution in [1.29, 1.82) is 0 Å². The van der Waals surface area contributed by atoms with Gasteiger partial charge in [-0.3, -0.25) is 0 Å². The van der Waals surface area contributed by atoms with Crippen LogP contribution in [0.1, 0.15) is 29.0 Å². The summed E-state index contributed by atoms with van der Waals surface area (Å²) in [6, 6.07) is 18.5. The van der Waals surface area contributed by atoms with Crippen molar-refractivity contribution in [2.75, 3.05) is 32.8 Å². The van der Waals surface area contributed by atoms with Crippen LogP contribution in [0.4, 0.5) is 0 Å². The molecule has 0 spiro atoms. The number of hydrogen-bond donors (Lipinski definition) is 1. The standard InChI is InChI=1S/C24H28NO2S2/c26-24(21-8-4-18-28-21,22-9-5-19-29-22)23-10-13-25(14-11-23,15-12-23)16-17-27-20-6-2-1-3-7-20/h1-9,18-19,26H,10-17H2/q+1. The largest absolute Gasteiger partial charge is 0.488 e. The van der Waals surface area contributed by atoms with Crippen LogP contribution in [-0.4, -0.2) is 42.4 Å². The summed E-state index contributed by atoms with van der Waals surface area (Å²) in [6.07, 6.45) is 3.22. The van der Waals surface area contributed by atoms with Crippen molar-refractivity contribution in [3.63, 3.8) is 0 Å². The number of aliphatic hydroxyl groups is 1. The van der Waals surface area contributed by atoms with E-state index in [1.807, 2.05) is 30.3 Å². The van der Waals surface area contributed by atoms with Crippen molar-refractivity contribution in [3.8, 4) is 5.75 Å². The molecule has 2 aromatic heterocycles. The molecule has 3 fully saturated rings. The maximum absolute atomic E-state index is 12.2. The quantitative estimate of drug-likeness (QED) is 0.531. The summed E-state index contributed by atoms with van der Waals surface area (Å²) in [4.78, 5) is 2.21. The van der Waals surface area contributed by atoms with Crippen LogP contribution in [0.5, 0.6) is 5.75 Å². The van der Waals surface area contributed by atoms with Gasteiger partial charge in [0.05, 0.1) is 19.6 Å². The third-order valence-electron chi connectivity index (χ3n) is 7.29. The van der Waals surface area contributed by atoms with Gasteiger partial charge in [0.25, 0.3) is 0 Å². The van der Waals surface area contributed by atoms with Crippen LogP contribution in [0.3, 0.4) is 0 Å². The molecule has 2 bridgehead atoms. The van der Waals surface area contributed by atoms with Gasteiger partial charge < -0.3 is 14.3 Å². The summed E-state index contributed by atoms with van der Waals surface area (Å²) in [6.45, 7) is 5.23. The Balaban J connectivity index is 1.33. The van der Waals surface area contributed by atoms with Crippen molar-refractivity contribution in [3.05, 3.63) is 75.1 Å². The Morgan fingerprint density at radius 3 is 1.97 bits per heavy atom. The van der Waals surface area contributed by atoms with Crippen LogP contribution in [0.2, 0.25) is 0 Å². The fraction of sp³-hybridized carbons (Fsp3) is 0.417. The van der Waals surface area contributed by atoms with Gasteiger partial charge in [-0.15, -0.1) is 22.7 Å². The van der Waals surface area contributed by atoms with Gasteiger partial charge in [0.1, 0.15) is 24.5 Å². The second-order valence-corrected chi connectivity index (χ2v) is 10.5. The third-order valence-corrected chi connectivity index (χ3v) is 9.25. The normalized spacial score (nSPS) is 26.5. The maximum Gasteiger partial charge on any atom is 0.139 e. The Morgan fingerprint density at radius 1 is 0.862 bits per heavy atom. The first-order valence-electron chi connectivity index (χ1n) is 10.5. The molecule has 0 saturated carbocycles. The van der Waals surface area contributed by atoms with Gasteiger partial charge in [0.2, 0.25) is 0 Å². The van der Waals surface area contributed by atoms with Gasteiger partial charge in [0, 0.05) is 34.4 Å². The van der Waals surface area contributed by atoms with Gasteiger partial charge in [-0.05, 0) is 35.0 Å². The van der Waals surface area contributed by atoms with Gasteiger partial charge in [-0.1, -0.05) is 30.3 Å². The lowest BCUT2D eigenvalue weighted by molar-refractivity contribution is -0.946. The number of quaternary nitrogens is 1. The van der Waals surface area contributed by atoms with E-state index in [-0.39, 0.29) is 5.41 Å². The maximum atomic E-state index is 12.2. The molecule has 0 atom stereocenters. The number of para-hydroxylation sites is 1. The molecule has 0 unspecified atom stereocenters. The SMILES string of the molecule is OC(c1cccs1)(c1cccs1)C12CC[N+](CCOc3ccccc3)(CC1)CC2. The van der Waals surface area contributed by atoms with Gasteiger partial charge >= 0.3 is 0 Å². The molecule has 0 amide bonds. The van der Waals surface area contributed by atoms with Crippen LogP contribution in [0.25, 0.3) is 0 Å². The molecule has 152 valence electrons. The molecule has 6 rings (SSSR count). The molecule has 1 aromatic carbocycles. The minimum Gasteiger partial charge on any atom is -0.488 e. The molecule has 3 aromatic rings. The van der Waals surface area contributed by atoms with Crippen LogP contribution >= 0.6 is 22.7 Å². The first-order chi connectivity index (χ1) is 14.2. The van der Waals surface area contributed by atoms with E-state index in [1.165, 1.54) is 0 Å². The molecule has 0 radical (unpaired) electrons. The van der Waals surface area contributed by atoms with E-state index in [1.54, 1.807) is 22.7 Å². The molecular weight excluding hydrogens is 398 g/mol. The second-order valence-electron chi connectivity index (χ2n) is 8.59. The molecule has 3 aliphatic heterocycles. The van der Waals surface area contributed by atoms with Crippen molar-refractivity contribution in [2.45, 2.75) is 24.9 Å². The van der Waals surface area contributed by atoms with Crippen molar-refractivity contribution in [2.24, 2.45) is 5.41 Å². The van der Waals surface area contributed by atoms with Crippen molar-refractivity contribution in [1.82, 2.24) is 0 Å². The zero-order valence-corrected chi connectivity index (χ0v) is 18.3. The summed E-state index contributed by atoms with van der Waals surface area (Å²) in [5.41, 5.74) is -0.907. The monoisotopic (exact) mass is 426 g/mol. The smallest absolute Gasteiger partial charge is 0.139 e. The zero-order chi connectivity index (χ0) is 19.8. The number of rotatable bonds is 7. The van der Waals surface area contributed by atoms with Crippen LogP contribution in [0.15, 0.2) is 65.4 Å². The molecule has 5 heteroatoms. The number of hydrogen-bond acceptors (Lipinski definition) is 4. The summed E-state index contributed by atoms with van der Waals surface area (Å²) in [5.74, 6) is 0.957. The first-order valence-corrected chi connectivity index (χ1v) is 12.3. The fourth-order valence-corrected chi connectivity index (χ4v) is 7.41. The molecule has 0 aliphatic carbocycles. The second kappa shape index (κ2) is 7.55. The van der Waals surface area contributed by atoms with E-state index in [0.29, 0.717) is 0 Å². The highest BCUT2D eigenvalue weighted by atomic mass is 32.1. The van der Waals surface area contributed by atoms with Crippen molar-refractivity contribution < 1.29 is 14.3 Å². The summed E-state index contributed by atoms with van der Waals surface area (Å²) in [5, 5.41) is 16.4. The average Bonchev–Trinajstić information content (AvgIpc) is 3.50. The molecule has 3 nitrogen and oxygen atoms in total. The highest BCUT2D eigenvalue weighted by Gasteiger charge is 2.61. The van der Waals surface area contributed by atoms with E-state index in [2.05, 4.69) is 35.0 Å². The molecular formula is C24H28NO2S2+. The molecule has 29 heavy (non-hydrogen) atoms. The topological polar surface area (TPSA) is 29.5 Å². The van der Waals surface area contributed by atoms with Crippen molar-refractivity contribution >= 4 is 22.7 Å². The molecule has 5 heterocycles. The summed E-state index contributed by atoms with van der Waals surface area (Å²) in [7, 11) is 0. The summed E-state index contributed by atoms with van der Waals surface area (Å²) < 4.78 is 7.14. The van der Waals surface area contributed by atoms with Gasteiger partial charge in [0.15, 0.2) is 0 Å². The average molecular weight is 427 g/mol. The minimum atomic E-state index is -0.855. The Morgan fingerprint density at radius 2 is 1.45 bits per heavy atom. The molecule has 3 saturated heterocycles. The van der Waals surface area contributed by atoms with E-state index in [4.69, 9.17) is 4.74 Å². The Kier molecular flexibility index (Phi) is 5.03. The van der Waals surface area contributed by atoms with Gasteiger partial charge in [-0.2, -0.15) is 0 Å². The number of nitrogens with zero attached hydrogens (tertiary/aromatic N) is 1. The third kappa shape index (κ3) is 3.25. The molecule has 1 N–H and O–H groups in total. The fourth-order valence-electron chi connectivity index (χ4n) is 5.43. The summed E-state index contributed by atoms with van der Waals surface area (Å²) >= 11 is 3.39. The lowest BCUT2D eigenvalue weighted by Crippen LogP contribution is -2.67. The van der Waals surface area contributed by atoms with E-state index >= 15 is 0 Å². The number of piperidine rings is 3. The van der Waals surface area contributed by atoms with E-state index in [9.17, 15) is 5.11 Å². The number of fused-ring (bicyclic) bond motifs is 3. The van der Waals surface area contributed by atoms with Crippen LogP contribution < -0.4 is 4.74 Å². The van der Waals surface area contributed by atoms with E-state index in [0.717, 1.165) is 72.0 Å². The highest BCUT2D eigenvalue weighted by Crippen LogP contribution is 2.58. The lowest BCUT2D eigenvalue weighted by atomic mass is 9.59. The number of thiophene rings is 2. The lowest BCUT2D eigenvalue weighted by Gasteiger charge is -2.59. The van der Waals surface area contributed by atoms with Crippen LogP contribution in [0, 0.1) is 5.41 Å². The Hall–Kier alpha value is -1.66.